The molecular weight excluding hydrogens is 372 g/mol. The third-order valence-electron chi connectivity index (χ3n) is 3.94. The number of benzene rings is 1. The summed E-state index contributed by atoms with van der Waals surface area (Å²) in [6.45, 7) is 4.37. The maximum absolute atomic E-state index is 12.5. The second-order valence-corrected chi connectivity index (χ2v) is 7.27. The van der Waals surface area contributed by atoms with Crippen LogP contribution in [0.4, 0.5) is 0 Å². The standard InChI is InChI=1S/C18H19BrN2OS/c19-16-8-14-23-17(16)18(22)21-12-10-20(11-13-21)9-4-7-15-5-2-1-3-6-15/h1-8,14H,9-13H2/b7-4+. The summed E-state index contributed by atoms with van der Waals surface area (Å²) < 4.78 is 0.903. The molecule has 5 heteroatoms. The van der Waals surface area contributed by atoms with E-state index in [0.29, 0.717) is 0 Å². The first-order chi connectivity index (χ1) is 11.2. The Kier molecular flexibility index (Phi) is 5.65. The van der Waals surface area contributed by atoms with E-state index in [1.165, 1.54) is 16.9 Å². The summed E-state index contributed by atoms with van der Waals surface area (Å²) in [7, 11) is 0. The molecule has 0 radical (unpaired) electrons. The number of rotatable bonds is 4. The van der Waals surface area contributed by atoms with Crippen molar-refractivity contribution >= 4 is 39.2 Å². The second-order valence-electron chi connectivity index (χ2n) is 5.50. The first kappa shape index (κ1) is 16.4. The lowest BCUT2D eigenvalue weighted by molar-refractivity contribution is 0.0654. The van der Waals surface area contributed by atoms with Crippen molar-refractivity contribution in [2.24, 2.45) is 0 Å². The molecule has 0 aliphatic carbocycles. The summed E-state index contributed by atoms with van der Waals surface area (Å²) >= 11 is 4.95. The van der Waals surface area contributed by atoms with Gasteiger partial charge in [-0.25, -0.2) is 0 Å². The summed E-state index contributed by atoms with van der Waals surface area (Å²) in [6, 6.07) is 12.3. The van der Waals surface area contributed by atoms with Crippen LogP contribution in [0.1, 0.15) is 15.2 Å². The fourth-order valence-electron chi connectivity index (χ4n) is 2.63. The highest BCUT2D eigenvalue weighted by atomic mass is 79.9. The summed E-state index contributed by atoms with van der Waals surface area (Å²) in [4.78, 5) is 17.6. The molecule has 2 heterocycles. The number of carbonyl (C=O) groups excluding carboxylic acids is 1. The number of amides is 1. The minimum atomic E-state index is 0.145. The highest BCUT2D eigenvalue weighted by Crippen LogP contribution is 2.24. The van der Waals surface area contributed by atoms with E-state index in [2.05, 4.69) is 45.1 Å². The zero-order chi connectivity index (χ0) is 16.1. The summed E-state index contributed by atoms with van der Waals surface area (Å²) in [5.41, 5.74) is 1.23. The fraction of sp³-hybridized carbons (Fsp3) is 0.278. The predicted molar refractivity (Wildman–Crippen MR) is 99.8 cm³/mol. The number of nitrogens with zero attached hydrogens (tertiary/aromatic N) is 2. The molecule has 0 atom stereocenters. The normalized spacial score (nSPS) is 16.1. The van der Waals surface area contributed by atoms with Gasteiger partial charge in [0.15, 0.2) is 0 Å². The highest BCUT2D eigenvalue weighted by molar-refractivity contribution is 9.10. The Balaban J connectivity index is 1.48. The van der Waals surface area contributed by atoms with Gasteiger partial charge < -0.3 is 4.90 Å². The van der Waals surface area contributed by atoms with Crippen LogP contribution in [-0.4, -0.2) is 48.4 Å². The molecule has 1 aliphatic heterocycles. The van der Waals surface area contributed by atoms with Crippen molar-refractivity contribution in [2.45, 2.75) is 0 Å². The predicted octanol–water partition coefficient (Wildman–Crippen LogP) is 3.98. The van der Waals surface area contributed by atoms with Crippen LogP contribution in [0.25, 0.3) is 6.08 Å². The van der Waals surface area contributed by atoms with Crippen LogP contribution >= 0.6 is 27.3 Å². The first-order valence-electron chi connectivity index (χ1n) is 7.70. The van der Waals surface area contributed by atoms with Gasteiger partial charge in [-0.3, -0.25) is 9.69 Å². The Morgan fingerprint density at radius 2 is 1.87 bits per heavy atom. The van der Waals surface area contributed by atoms with E-state index >= 15 is 0 Å². The van der Waals surface area contributed by atoms with E-state index in [-0.39, 0.29) is 5.91 Å². The number of hydrogen-bond acceptors (Lipinski definition) is 3. The zero-order valence-electron chi connectivity index (χ0n) is 12.8. The molecule has 1 saturated heterocycles. The quantitative estimate of drug-likeness (QED) is 0.787. The lowest BCUT2D eigenvalue weighted by Crippen LogP contribution is -2.48. The average molecular weight is 391 g/mol. The van der Waals surface area contributed by atoms with Gasteiger partial charge in [-0.05, 0) is 32.9 Å². The van der Waals surface area contributed by atoms with Crippen LogP contribution in [0.5, 0.6) is 0 Å². The fourth-order valence-corrected chi connectivity index (χ4v) is 4.13. The summed E-state index contributed by atoms with van der Waals surface area (Å²) in [5, 5.41) is 1.95. The number of piperazine rings is 1. The van der Waals surface area contributed by atoms with Gasteiger partial charge in [-0.2, -0.15) is 0 Å². The van der Waals surface area contributed by atoms with Crippen molar-refractivity contribution in [1.82, 2.24) is 9.80 Å². The Bertz CT molecular complexity index is 675. The molecule has 0 N–H and O–H groups in total. The first-order valence-corrected chi connectivity index (χ1v) is 9.37. The van der Waals surface area contributed by atoms with Gasteiger partial charge >= 0.3 is 0 Å². The molecule has 2 aromatic rings. The van der Waals surface area contributed by atoms with Crippen molar-refractivity contribution in [2.75, 3.05) is 32.7 Å². The molecule has 0 spiro atoms. The van der Waals surface area contributed by atoms with Crippen LogP contribution in [0.2, 0.25) is 0 Å². The van der Waals surface area contributed by atoms with Gasteiger partial charge in [0.25, 0.3) is 5.91 Å². The van der Waals surface area contributed by atoms with Crippen LogP contribution in [-0.2, 0) is 0 Å². The monoisotopic (exact) mass is 390 g/mol. The average Bonchev–Trinajstić information content (AvgIpc) is 3.02. The van der Waals surface area contributed by atoms with Gasteiger partial charge in [0.05, 0.1) is 0 Å². The molecule has 0 saturated carbocycles. The highest BCUT2D eigenvalue weighted by Gasteiger charge is 2.23. The maximum atomic E-state index is 12.5. The number of carbonyl (C=O) groups is 1. The van der Waals surface area contributed by atoms with Gasteiger partial charge in [0.1, 0.15) is 4.88 Å². The molecule has 23 heavy (non-hydrogen) atoms. The Labute approximate surface area is 149 Å². The van der Waals surface area contributed by atoms with Crippen LogP contribution < -0.4 is 0 Å². The van der Waals surface area contributed by atoms with Gasteiger partial charge in [0, 0.05) is 37.2 Å². The number of thiophene rings is 1. The van der Waals surface area contributed by atoms with E-state index in [1.54, 1.807) is 0 Å². The van der Waals surface area contributed by atoms with Crippen LogP contribution in [0.3, 0.4) is 0 Å². The molecule has 3 nitrogen and oxygen atoms in total. The Hall–Kier alpha value is -1.43. The zero-order valence-corrected chi connectivity index (χ0v) is 15.2. The van der Waals surface area contributed by atoms with Crippen LogP contribution in [0, 0.1) is 0 Å². The van der Waals surface area contributed by atoms with Gasteiger partial charge in [-0.15, -0.1) is 11.3 Å². The summed E-state index contributed by atoms with van der Waals surface area (Å²) in [5.74, 6) is 0.145. The maximum Gasteiger partial charge on any atom is 0.265 e. The number of halogens is 1. The molecule has 0 unspecified atom stereocenters. The van der Waals surface area contributed by atoms with Crippen molar-refractivity contribution in [3.63, 3.8) is 0 Å². The number of hydrogen-bond donors (Lipinski definition) is 0. The minimum absolute atomic E-state index is 0.145. The van der Waals surface area contributed by atoms with Crippen molar-refractivity contribution < 1.29 is 4.79 Å². The Morgan fingerprint density at radius 3 is 2.52 bits per heavy atom. The van der Waals surface area contributed by atoms with E-state index in [4.69, 9.17) is 0 Å². The van der Waals surface area contributed by atoms with E-state index in [1.807, 2.05) is 34.5 Å². The van der Waals surface area contributed by atoms with E-state index < -0.39 is 0 Å². The van der Waals surface area contributed by atoms with Gasteiger partial charge in [-0.1, -0.05) is 42.5 Å². The van der Waals surface area contributed by atoms with Crippen molar-refractivity contribution in [3.05, 3.63) is 62.8 Å². The van der Waals surface area contributed by atoms with Gasteiger partial charge in [0.2, 0.25) is 0 Å². The SMILES string of the molecule is O=C(c1sccc1Br)N1CCN(C/C=C/c2ccccc2)CC1. The van der Waals surface area contributed by atoms with E-state index in [0.717, 1.165) is 42.1 Å². The molecule has 120 valence electrons. The Morgan fingerprint density at radius 1 is 1.13 bits per heavy atom. The largest absolute Gasteiger partial charge is 0.335 e. The molecule has 1 aliphatic rings. The third kappa shape index (κ3) is 4.31. The van der Waals surface area contributed by atoms with Crippen molar-refractivity contribution in [3.8, 4) is 0 Å². The van der Waals surface area contributed by atoms with E-state index in [9.17, 15) is 4.79 Å². The smallest absolute Gasteiger partial charge is 0.265 e. The lowest BCUT2D eigenvalue weighted by Gasteiger charge is -2.34. The molecular formula is C18H19BrN2OS. The molecule has 0 bridgehead atoms. The molecule has 1 amide bonds. The molecule has 3 rings (SSSR count). The van der Waals surface area contributed by atoms with Crippen LogP contribution in [0.15, 0.2) is 52.3 Å². The minimum Gasteiger partial charge on any atom is -0.335 e. The third-order valence-corrected chi connectivity index (χ3v) is 5.77. The second kappa shape index (κ2) is 7.90. The molecule has 1 fully saturated rings. The molecule has 1 aromatic carbocycles. The summed E-state index contributed by atoms with van der Waals surface area (Å²) in [6.07, 6.45) is 4.35. The van der Waals surface area contributed by atoms with Crippen molar-refractivity contribution in [1.29, 1.82) is 0 Å². The topological polar surface area (TPSA) is 23.6 Å². The lowest BCUT2D eigenvalue weighted by atomic mass is 10.2. The molecule has 1 aromatic heterocycles.